The maximum Gasteiger partial charge on any atom is 0.184 e. The molecule has 8 nitrogen and oxygen atoms in total. The zero-order valence-electron chi connectivity index (χ0n) is 16.4. The minimum Gasteiger partial charge on any atom is -0.394 e. The van der Waals surface area contributed by atoms with E-state index in [0.717, 1.165) is 12.8 Å². The minimum atomic E-state index is -1.49. The molecule has 0 bridgehead atoms. The van der Waals surface area contributed by atoms with Crippen molar-refractivity contribution in [1.82, 2.24) is 0 Å². The number of ether oxygens (including phenoxy) is 3. The molecular weight excluding hydrogens is 356 g/mol. The molecule has 8 heteroatoms. The van der Waals surface area contributed by atoms with E-state index in [2.05, 4.69) is 6.92 Å². The molecule has 1 heterocycles. The molecule has 0 radical (unpaired) electrons. The van der Waals surface area contributed by atoms with Crippen molar-refractivity contribution in [2.24, 2.45) is 0 Å². The van der Waals surface area contributed by atoms with E-state index in [9.17, 15) is 20.4 Å². The Morgan fingerprint density at radius 1 is 0.889 bits per heavy atom. The van der Waals surface area contributed by atoms with Crippen molar-refractivity contribution >= 4 is 0 Å². The van der Waals surface area contributed by atoms with Gasteiger partial charge in [0.25, 0.3) is 0 Å². The fourth-order valence-electron chi connectivity index (χ4n) is 3.08. The highest BCUT2D eigenvalue weighted by Crippen LogP contribution is 2.22. The summed E-state index contributed by atoms with van der Waals surface area (Å²) in [6, 6.07) is 0. The second-order valence-electron chi connectivity index (χ2n) is 7.23. The van der Waals surface area contributed by atoms with Gasteiger partial charge in [-0.15, -0.1) is 0 Å². The van der Waals surface area contributed by atoms with Crippen LogP contribution in [0.15, 0.2) is 0 Å². The third-order valence-corrected chi connectivity index (χ3v) is 4.78. The molecule has 1 saturated heterocycles. The van der Waals surface area contributed by atoms with Gasteiger partial charge in [0, 0.05) is 6.61 Å². The Kier molecular flexibility index (Phi) is 13.4. The van der Waals surface area contributed by atoms with Crippen LogP contribution in [-0.2, 0) is 14.2 Å². The van der Waals surface area contributed by atoms with Gasteiger partial charge in [0.05, 0.1) is 19.8 Å². The van der Waals surface area contributed by atoms with Gasteiger partial charge in [-0.1, -0.05) is 51.9 Å². The molecule has 0 aromatic carbocycles. The molecule has 0 aromatic heterocycles. The Bertz CT molecular complexity index is 357. The molecule has 0 saturated carbocycles. The molecule has 0 aliphatic carbocycles. The van der Waals surface area contributed by atoms with Crippen LogP contribution in [0.4, 0.5) is 0 Å². The van der Waals surface area contributed by atoms with Crippen LogP contribution in [-0.4, -0.2) is 88.8 Å². The largest absolute Gasteiger partial charge is 0.394 e. The van der Waals surface area contributed by atoms with E-state index in [0.29, 0.717) is 6.61 Å². The van der Waals surface area contributed by atoms with Gasteiger partial charge in [-0.3, -0.25) is 0 Å². The summed E-state index contributed by atoms with van der Waals surface area (Å²) in [6.45, 7) is 2.17. The Morgan fingerprint density at radius 3 is 2.15 bits per heavy atom. The van der Waals surface area contributed by atoms with Crippen molar-refractivity contribution < 1.29 is 39.7 Å². The Balaban J connectivity index is 2.06. The Hall–Kier alpha value is -0.320. The van der Waals surface area contributed by atoms with Gasteiger partial charge < -0.3 is 39.7 Å². The molecule has 27 heavy (non-hydrogen) atoms. The number of unbranched alkanes of at least 4 members (excludes halogenated alkanes) is 7. The Labute approximate surface area is 162 Å². The van der Waals surface area contributed by atoms with Gasteiger partial charge in [-0.2, -0.15) is 0 Å². The number of hydrogen-bond acceptors (Lipinski definition) is 8. The van der Waals surface area contributed by atoms with Crippen LogP contribution in [0.25, 0.3) is 0 Å². The zero-order chi connectivity index (χ0) is 20.1. The van der Waals surface area contributed by atoms with Crippen LogP contribution >= 0.6 is 0 Å². The van der Waals surface area contributed by atoms with Crippen molar-refractivity contribution in [3.8, 4) is 0 Å². The highest BCUT2D eigenvalue weighted by atomic mass is 16.7. The van der Waals surface area contributed by atoms with Crippen molar-refractivity contribution in [2.75, 3.05) is 26.4 Å². The molecule has 162 valence electrons. The van der Waals surface area contributed by atoms with Gasteiger partial charge in [0.15, 0.2) is 6.29 Å². The third-order valence-electron chi connectivity index (χ3n) is 4.78. The van der Waals surface area contributed by atoms with Gasteiger partial charge in [0.2, 0.25) is 0 Å². The molecule has 5 N–H and O–H groups in total. The summed E-state index contributed by atoms with van der Waals surface area (Å²) in [5.74, 6) is 0. The van der Waals surface area contributed by atoms with E-state index in [-0.39, 0.29) is 13.2 Å². The monoisotopic (exact) mass is 394 g/mol. The van der Waals surface area contributed by atoms with Crippen LogP contribution in [0.1, 0.15) is 58.3 Å². The molecule has 1 aliphatic heterocycles. The lowest BCUT2D eigenvalue weighted by Gasteiger charge is -2.40. The second-order valence-corrected chi connectivity index (χ2v) is 7.23. The number of aliphatic hydroxyl groups is 5. The average molecular weight is 395 g/mol. The SMILES string of the molecule is CCCCCCCCCCOCC(O)CO[C@@H]1[C@@H](O)[C@@H](O)[C@@H](CO)O[C@H]1O. The maximum atomic E-state index is 9.95. The van der Waals surface area contributed by atoms with Crippen LogP contribution in [0.3, 0.4) is 0 Å². The first kappa shape index (κ1) is 24.7. The molecule has 6 atom stereocenters. The van der Waals surface area contributed by atoms with E-state index in [1.165, 1.54) is 38.5 Å². The van der Waals surface area contributed by atoms with E-state index in [1.807, 2.05) is 0 Å². The fourth-order valence-corrected chi connectivity index (χ4v) is 3.08. The van der Waals surface area contributed by atoms with Gasteiger partial charge in [-0.05, 0) is 6.42 Å². The zero-order valence-corrected chi connectivity index (χ0v) is 16.4. The molecule has 1 rings (SSSR count). The van der Waals surface area contributed by atoms with Crippen molar-refractivity contribution in [1.29, 1.82) is 0 Å². The first-order valence-corrected chi connectivity index (χ1v) is 10.2. The standard InChI is InChI=1S/C19H38O8/c1-2-3-4-5-6-7-8-9-10-25-12-14(21)13-26-18-17(23)16(22)15(11-20)27-19(18)24/h14-24H,2-13H2,1H3/t14?,15-,16+,17+,18-,19-/m1/s1. The number of hydrogen-bond donors (Lipinski definition) is 5. The van der Waals surface area contributed by atoms with Crippen molar-refractivity contribution in [3.05, 3.63) is 0 Å². The van der Waals surface area contributed by atoms with Crippen LogP contribution in [0.2, 0.25) is 0 Å². The molecular formula is C19H38O8. The van der Waals surface area contributed by atoms with Gasteiger partial charge in [0.1, 0.15) is 30.5 Å². The predicted molar refractivity (Wildman–Crippen MR) is 99.2 cm³/mol. The summed E-state index contributed by atoms with van der Waals surface area (Å²) >= 11 is 0. The highest BCUT2D eigenvalue weighted by molar-refractivity contribution is 4.89. The quantitative estimate of drug-likeness (QED) is 0.251. The van der Waals surface area contributed by atoms with E-state index >= 15 is 0 Å². The fraction of sp³-hybridized carbons (Fsp3) is 1.00. The minimum absolute atomic E-state index is 0.0953. The summed E-state index contributed by atoms with van der Waals surface area (Å²) in [4.78, 5) is 0. The average Bonchev–Trinajstić information content (AvgIpc) is 2.66. The molecule has 0 spiro atoms. The van der Waals surface area contributed by atoms with Gasteiger partial charge in [-0.25, -0.2) is 0 Å². The van der Waals surface area contributed by atoms with Crippen LogP contribution in [0, 0.1) is 0 Å². The first-order chi connectivity index (χ1) is 13.0. The Morgan fingerprint density at radius 2 is 1.52 bits per heavy atom. The lowest BCUT2D eigenvalue weighted by molar-refractivity contribution is -0.299. The molecule has 1 aliphatic rings. The normalized spacial score (nSPS) is 29.8. The van der Waals surface area contributed by atoms with E-state index in [4.69, 9.17) is 19.3 Å². The second kappa shape index (κ2) is 14.6. The molecule has 1 fully saturated rings. The lowest BCUT2D eigenvalue weighted by Crippen LogP contribution is -2.59. The number of rotatable bonds is 15. The summed E-state index contributed by atoms with van der Waals surface area (Å²) in [5, 5.41) is 48.4. The third kappa shape index (κ3) is 9.62. The maximum absolute atomic E-state index is 9.95. The topological polar surface area (TPSA) is 129 Å². The van der Waals surface area contributed by atoms with Crippen LogP contribution in [0.5, 0.6) is 0 Å². The summed E-state index contributed by atoms with van der Waals surface area (Å²) in [6.07, 6.45) is 2.21. The lowest BCUT2D eigenvalue weighted by atomic mass is 9.99. The smallest absolute Gasteiger partial charge is 0.184 e. The molecule has 0 aromatic rings. The summed E-state index contributed by atoms with van der Waals surface area (Å²) in [5.41, 5.74) is 0. The highest BCUT2D eigenvalue weighted by Gasteiger charge is 2.44. The number of aliphatic hydroxyl groups excluding tert-OH is 5. The molecule has 0 amide bonds. The first-order valence-electron chi connectivity index (χ1n) is 10.2. The van der Waals surface area contributed by atoms with Crippen LogP contribution < -0.4 is 0 Å². The molecule has 1 unspecified atom stereocenters. The van der Waals surface area contributed by atoms with Crippen molar-refractivity contribution in [2.45, 2.75) is 95.1 Å². The van der Waals surface area contributed by atoms with E-state index in [1.54, 1.807) is 0 Å². The van der Waals surface area contributed by atoms with Gasteiger partial charge >= 0.3 is 0 Å². The van der Waals surface area contributed by atoms with Crippen molar-refractivity contribution in [3.63, 3.8) is 0 Å². The summed E-state index contributed by atoms with van der Waals surface area (Å²) < 4.78 is 15.7. The van der Waals surface area contributed by atoms with E-state index < -0.39 is 43.4 Å². The summed E-state index contributed by atoms with van der Waals surface area (Å²) in [7, 11) is 0. The predicted octanol–water partition coefficient (Wildman–Crippen LogP) is 0.321.